The minimum Gasteiger partial charge on any atom is -0.397 e. The molecule has 20 heavy (non-hydrogen) atoms. The van der Waals surface area contributed by atoms with Crippen LogP contribution in [-0.4, -0.2) is 17.7 Å². The fraction of sp³-hybridized carbons (Fsp3) is 0.625. The molecule has 0 unspecified atom stereocenters. The second-order valence-corrected chi connectivity index (χ2v) is 5.87. The average Bonchev–Trinajstić information content (AvgIpc) is 2.42. The van der Waals surface area contributed by atoms with Gasteiger partial charge in [-0.2, -0.15) is 5.26 Å². The first-order valence-electron chi connectivity index (χ1n) is 7.31. The molecule has 0 amide bonds. The molecular formula is C16H23N3O. The van der Waals surface area contributed by atoms with Crippen molar-refractivity contribution in [3.05, 3.63) is 24.0 Å². The van der Waals surface area contributed by atoms with Crippen molar-refractivity contribution in [1.29, 1.82) is 5.26 Å². The molecule has 0 radical (unpaired) electrons. The van der Waals surface area contributed by atoms with Crippen LogP contribution in [0.4, 0.5) is 5.69 Å². The van der Waals surface area contributed by atoms with Gasteiger partial charge in [-0.15, -0.1) is 0 Å². The molecule has 1 aliphatic rings. The molecule has 4 heteroatoms. The smallest absolute Gasteiger partial charge is 0.0645 e. The average molecular weight is 273 g/mol. The molecule has 4 nitrogen and oxygen atoms in total. The van der Waals surface area contributed by atoms with Gasteiger partial charge in [-0.05, 0) is 42.2 Å². The summed E-state index contributed by atoms with van der Waals surface area (Å²) in [6, 6.07) is 4.17. The topological polar surface area (TPSA) is 71.9 Å². The van der Waals surface area contributed by atoms with E-state index in [0.29, 0.717) is 30.8 Å². The zero-order valence-corrected chi connectivity index (χ0v) is 12.2. The molecule has 1 saturated carbocycles. The third-order valence-electron chi connectivity index (χ3n) is 4.29. The van der Waals surface area contributed by atoms with Crippen LogP contribution in [0.1, 0.15) is 44.6 Å². The summed E-state index contributed by atoms with van der Waals surface area (Å²) in [5.41, 5.74) is 8.05. The van der Waals surface area contributed by atoms with Crippen molar-refractivity contribution >= 4 is 5.69 Å². The van der Waals surface area contributed by atoms with Crippen LogP contribution in [0.15, 0.2) is 18.5 Å². The Bertz CT molecular complexity index is 471. The van der Waals surface area contributed by atoms with E-state index in [4.69, 9.17) is 15.7 Å². The molecule has 0 aromatic carbocycles. The first-order chi connectivity index (χ1) is 9.63. The van der Waals surface area contributed by atoms with Gasteiger partial charge in [0.25, 0.3) is 0 Å². The molecule has 0 saturated heterocycles. The number of hydrogen-bond donors (Lipinski definition) is 1. The highest BCUT2D eigenvalue weighted by Crippen LogP contribution is 2.42. The van der Waals surface area contributed by atoms with E-state index in [1.807, 2.05) is 12.3 Å². The van der Waals surface area contributed by atoms with Gasteiger partial charge in [0.1, 0.15) is 0 Å². The standard InChI is InChI=1S/C16H23N3O/c1-11-8-13(14-4-6-19-10-15(14)18)9-12(2)16(11)20-7-3-5-17/h4,6,10-13,16H,3,7-9,18H2,1-2H3/t11-,12+,13+,16-. The fourth-order valence-corrected chi connectivity index (χ4v) is 3.44. The van der Waals surface area contributed by atoms with Crippen LogP contribution in [0.2, 0.25) is 0 Å². The Morgan fingerprint density at radius 1 is 1.40 bits per heavy atom. The Labute approximate surface area is 121 Å². The monoisotopic (exact) mass is 273 g/mol. The highest BCUT2D eigenvalue weighted by Gasteiger charge is 2.34. The molecule has 0 spiro atoms. The number of nitrogen functional groups attached to an aromatic ring is 1. The Kier molecular flexibility index (Phi) is 4.97. The van der Waals surface area contributed by atoms with E-state index in [1.165, 1.54) is 5.56 Å². The van der Waals surface area contributed by atoms with Crippen LogP contribution < -0.4 is 5.73 Å². The Morgan fingerprint density at radius 3 is 2.70 bits per heavy atom. The largest absolute Gasteiger partial charge is 0.397 e. The number of ether oxygens (including phenoxy) is 1. The predicted molar refractivity (Wildman–Crippen MR) is 78.9 cm³/mol. The Morgan fingerprint density at radius 2 is 2.10 bits per heavy atom. The van der Waals surface area contributed by atoms with E-state index in [0.717, 1.165) is 18.5 Å². The molecule has 1 fully saturated rings. The maximum Gasteiger partial charge on any atom is 0.0645 e. The lowest BCUT2D eigenvalue weighted by molar-refractivity contribution is -0.0402. The number of nitrogens with two attached hydrogens (primary N) is 1. The van der Waals surface area contributed by atoms with Gasteiger partial charge in [0.15, 0.2) is 0 Å². The number of nitrogens with zero attached hydrogens (tertiary/aromatic N) is 2. The van der Waals surface area contributed by atoms with E-state index < -0.39 is 0 Å². The van der Waals surface area contributed by atoms with E-state index in [1.54, 1.807) is 6.20 Å². The van der Waals surface area contributed by atoms with Gasteiger partial charge < -0.3 is 10.5 Å². The summed E-state index contributed by atoms with van der Waals surface area (Å²) in [4.78, 5) is 4.06. The molecule has 1 aromatic heterocycles. The third kappa shape index (κ3) is 3.29. The summed E-state index contributed by atoms with van der Waals surface area (Å²) in [5, 5.41) is 8.60. The first-order valence-corrected chi connectivity index (χ1v) is 7.31. The SMILES string of the molecule is C[C@@H]1C[C@H](c2ccncc2N)C[C@H](C)[C@@H]1OCCC#N. The van der Waals surface area contributed by atoms with Crippen molar-refractivity contribution < 1.29 is 4.74 Å². The third-order valence-corrected chi connectivity index (χ3v) is 4.29. The summed E-state index contributed by atoms with van der Waals surface area (Å²) < 4.78 is 5.90. The maximum absolute atomic E-state index is 8.60. The molecular weight excluding hydrogens is 250 g/mol. The lowest BCUT2D eigenvalue weighted by Gasteiger charge is -2.39. The Balaban J connectivity index is 2.02. The van der Waals surface area contributed by atoms with Gasteiger partial charge in [0.05, 0.1) is 37.1 Å². The quantitative estimate of drug-likeness (QED) is 0.855. The van der Waals surface area contributed by atoms with Crippen LogP contribution in [-0.2, 0) is 4.74 Å². The zero-order chi connectivity index (χ0) is 14.5. The minimum absolute atomic E-state index is 0.252. The number of nitriles is 1. The highest BCUT2D eigenvalue weighted by atomic mass is 16.5. The molecule has 2 N–H and O–H groups in total. The second-order valence-electron chi connectivity index (χ2n) is 5.87. The summed E-state index contributed by atoms with van der Waals surface area (Å²) in [5.74, 6) is 1.45. The highest BCUT2D eigenvalue weighted by molar-refractivity contribution is 5.46. The first kappa shape index (κ1) is 14.8. The van der Waals surface area contributed by atoms with Gasteiger partial charge in [-0.3, -0.25) is 4.98 Å². The van der Waals surface area contributed by atoms with Crippen molar-refractivity contribution in [3.8, 4) is 6.07 Å². The lowest BCUT2D eigenvalue weighted by Crippen LogP contribution is -2.36. The summed E-state index contributed by atoms with van der Waals surface area (Å²) >= 11 is 0. The number of pyridine rings is 1. The van der Waals surface area contributed by atoms with Crippen LogP contribution >= 0.6 is 0 Å². The number of anilines is 1. The van der Waals surface area contributed by atoms with Crippen molar-refractivity contribution in [2.24, 2.45) is 11.8 Å². The van der Waals surface area contributed by atoms with Gasteiger partial charge in [0, 0.05) is 6.20 Å². The van der Waals surface area contributed by atoms with Crippen LogP contribution in [0.5, 0.6) is 0 Å². The van der Waals surface area contributed by atoms with E-state index in [9.17, 15) is 0 Å². The van der Waals surface area contributed by atoms with E-state index in [-0.39, 0.29) is 6.10 Å². The molecule has 0 aliphatic heterocycles. The number of rotatable bonds is 4. The molecule has 1 aliphatic carbocycles. The molecule has 2 rings (SSSR count). The van der Waals surface area contributed by atoms with Crippen LogP contribution in [0, 0.1) is 23.2 Å². The van der Waals surface area contributed by atoms with Gasteiger partial charge in [0.2, 0.25) is 0 Å². The minimum atomic E-state index is 0.252. The lowest BCUT2D eigenvalue weighted by atomic mass is 9.72. The van der Waals surface area contributed by atoms with Crippen molar-refractivity contribution in [1.82, 2.24) is 4.98 Å². The molecule has 1 heterocycles. The summed E-state index contributed by atoms with van der Waals surface area (Å²) in [7, 11) is 0. The normalized spacial score (nSPS) is 29.9. The molecule has 108 valence electrons. The van der Waals surface area contributed by atoms with Gasteiger partial charge >= 0.3 is 0 Å². The zero-order valence-electron chi connectivity index (χ0n) is 12.2. The predicted octanol–water partition coefficient (Wildman–Crippen LogP) is 3.11. The number of aromatic nitrogens is 1. The summed E-state index contributed by atoms with van der Waals surface area (Å²) in [6.45, 7) is 5.01. The molecule has 4 atom stereocenters. The van der Waals surface area contributed by atoms with Crippen molar-refractivity contribution in [3.63, 3.8) is 0 Å². The van der Waals surface area contributed by atoms with Gasteiger partial charge in [-0.1, -0.05) is 13.8 Å². The number of hydrogen-bond acceptors (Lipinski definition) is 4. The van der Waals surface area contributed by atoms with Crippen LogP contribution in [0.3, 0.4) is 0 Å². The van der Waals surface area contributed by atoms with Gasteiger partial charge in [-0.25, -0.2) is 0 Å². The van der Waals surface area contributed by atoms with Crippen LogP contribution in [0.25, 0.3) is 0 Å². The summed E-state index contributed by atoms with van der Waals surface area (Å²) in [6.07, 6.45) is 6.43. The van der Waals surface area contributed by atoms with Crippen molar-refractivity contribution in [2.45, 2.75) is 45.1 Å². The maximum atomic E-state index is 8.60. The van der Waals surface area contributed by atoms with Crippen molar-refractivity contribution in [2.75, 3.05) is 12.3 Å². The Hall–Kier alpha value is -1.60. The molecule has 0 bridgehead atoms. The fourth-order valence-electron chi connectivity index (χ4n) is 3.44. The molecule has 1 aromatic rings. The van der Waals surface area contributed by atoms with E-state index >= 15 is 0 Å². The van der Waals surface area contributed by atoms with E-state index in [2.05, 4.69) is 24.9 Å². The second kappa shape index (κ2) is 6.71.